The molecule has 2 rings (SSSR count). The van der Waals surface area contributed by atoms with Gasteiger partial charge in [-0.2, -0.15) is 0 Å². The van der Waals surface area contributed by atoms with Gasteiger partial charge in [-0.05, 0) is 54.0 Å². The maximum atomic E-state index is 12.0. The molecular weight excluding hydrogens is 308 g/mol. The minimum Gasteiger partial charge on any atom is -0.496 e. The van der Waals surface area contributed by atoms with Crippen molar-refractivity contribution in [1.82, 2.24) is 0 Å². The Morgan fingerprint density at radius 3 is 2.36 bits per heavy atom. The summed E-state index contributed by atoms with van der Waals surface area (Å²) in [6.45, 7) is 10.6. The lowest BCUT2D eigenvalue weighted by Crippen LogP contribution is -2.02. The number of hydrogen-bond donors (Lipinski definition) is 0. The molecule has 0 saturated carbocycles. The molecule has 132 valence electrons. The Balaban J connectivity index is 2.76. The van der Waals surface area contributed by atoms with Crippen molar-refractivity contribution < 1.29 is 9.53 Å². The van der Waals surface area contributed by atoms with Crippen molar-refractivity contribution in [1.29, 1.82) is 0 Å². The summed E-state index contributed by atoms with van der Waals surface area (Å²) < 4.78 is 5.70. The van der Waals surface area contributed by atoms with E-state index in [2.05, 4.69) is 45.9 Å². The topological polar surface area (TPSA) is 26.3 Å². The van der Waals surface area contributed by atoms with Gasteiger partial charge in [-0.1, -0.05) is 57.2 Å². The zero-order valence-electron chi connectivity index (χ0n) is 16.1. The number of benzene rings is 2. The molecule has 0 aromatic heterocycles. The van der Waals surface area contributed by atoms with Gasteiger partial charge in [-0.25, -0.2) is 0 Å². The van der Waals surface area contributed by atoms with Crippen molar-refractivity contribution >= 4 is 17.4 Å². The summed E-state index contributed by atoms with van der Waals surface area (Å²) in [4.78, 5) is 12.0. The van der Waals surface area contributed by atoms with Crippen LogP contribution in [0.25, 0.3) is 11.1 Å². The molecule has 0 radical (unpaired) electrons. The van der Waals surface area contributed by atoms with E-state index in [9.17, 15) is 4.79 Å². The number of allylic oxidation sites excluding steroid dienone is 2. The van der Waals surface area contributed by atoms with Crippen LogP contribution in [-0.2, 0) is 11.2 Å². The monoisotopic (exact) mass is 336 g/mol. The van der Waals surface area contributed by atoms with E-state index in [4.69, 9.17) is 4.74 Å². The third-order valence-corrected chi connectivity index (χ3v) is 4.85. The van der Waals surface area contributed by atoms with Crippen LogP contribution in [0.2, 0.25) is 0 Å². The Labute approximate surface area is 151 Å². The van der Waals surface area contributed by atoms with Crippen molar-refractivity contribution in [2.75, 3.05) is 7.11 Å². The predicted octanol–water partition coefficient (Wildman–Crippen LogP) is 5.82. The van der Waals surface area contributed by atoms with Crippen LogP contribution >= 0.6 is 0 Å². The zero-order valence-corrected chi connectivity index (χ0v) is 16.1. The maximum absolute atomic E-state index is 12.0. The van der Waals surface area contributed by atoms with Gasteiger partial charge in [0.05, 0.1) is 7.11 Å². The van der Waals surface area contributed by atoms with Gasteiger partial charge < -0.3 is 4.74 Å². The number of aldehydes is 1. The lowest BCUT2D eigenvalue weighted by atomic mass is 9.88. The van der Waals surface area contributed by atoms with E-state index in [1.54, 1.807) is 7.11 Å². The number of ether oxygens (including phenoxy) is 1. The second-order valence-electron chi connectivity index (χ2n) is 6.69. The molecule has 0 bridgehead atoms. The van der Waals surface area contributed by atoms with Gasteiger partial charge in [0.25, 0.3) is 0 Å². The summed E-state index contributed by atoms with van der Waals surface area (Å²) in [6, 6.07) is 12.4. The Hall–Kier alpha value is -2.35. The van der Waals surface area contributed by atoms with E-state index in [-0.39, 0.29) is 0 Å². The van der Waals surface area contributed by atoms with Crippen LogP contribution in [0.3, 0.4) is 0 Å². The molecule has 0 fully saturated rings. The molecule has 0 unspecified atom stereocenters. The van der Waals surface area contributed by atoms with Crippen molar-refractivity contribution in [2.24, 2.45) is 0 Å². The van der Waals surface area contributed by atoms with Gasteiger partial charge in [-0.15, -0.1) is 0 Å². The second-order valence-corrected chi connectivity index (χ2v) is 6.69. The lowest BCUT2D eigenvalue weighted by molar-refractivity contribution is -0.103. The van der Waals surface area contributed by atoms with E-state index >= 15 is 0 Å². The first kappa shape index (κ1) is 19.0. The first-order valence-electron chi connectivity index (χ1n) is 8.88. The van der Waals surface area contributed by atoms with Gasteiger partial charge in [0.1, 0.15) is 5.75 Å². The van der Waals surface area contributed by atoms with Crippen LogP contribution in [-0.4, -0.2) is 13.4 Å². The molecule has 2 heteroatoms. The van der Waals surface area contributed by atoms with Gasteiger partial charge in [0.2, 0.25) is 0 Å². The summed E-state index contributed by atoms with van der Waals surface area (Å²) in [6.07, 6.45) is 1.83. The zero-order chi connectivity index (χ0) is 18.6. The molecule has 0 N–H and O–H groups in total. The summed E-state index contributed by atoms with van der Waals surface area (Å²) in [5, 5.41) is 0. The van der Waals surface area contributed by atoms with Crippen molar-refractivity contribution in [3.63, 3.8) is 0 Å². The molecule has 0 aliphatic rings. The number of hydrogen-bond acceptors (Lipinski definition) is 2. The van der Waals surface area contributed by atoms with Crippen molar-refractivity contribution in [3.05, 3.63) is 64.2 Å². The summed E-state index contributed by atoms with van der Waals surface area (Å²) in [5.41, 5.74) is 7.28. The largest absolute Gasteiger partial charge is 0.496 e. The van der Waals surface area contributed by atoms with Crippen LogP contribution < -0.4 is 4.74 Å². The Bertz CT molecular complexity index is 798. The molecule has 0 atom stereocenters. The Morgan fingerprint density at radius 1 is 1.12 bits per heavy atom. The number of aryl methyl sites for hydroxylation is 1. The van der Waals surface area contributed by atoms with Gasteiger partial charge in [-0.3, -0.25) is 4.79 Å². The fourth-order valence-corrected chi connectivity index (χ4v) is 3.45. The first-order chi connectivity index (χ1) is 12.0. The predicted molar refractivity (Wildman–Crippen MR) is 106 cm³/mol. The Morgan fingerprint density at radius 2 is 1.80 bits per heavy atom. The molecule has 0 spiro atoms. The molecule has 25 heavy (non-hydrogen) atoms. The third kappa shape index (κ3) is 3.68. The maximum Gasteiger partial charge on any atom is 0.151 e. The van der Waals surface area contributed by atoms with Gasteiger partial charge in [0.15, 0.2) is 6.29 Å². The van der Waals surface area contributed by atoms with Gasteiger partial charge in [0, 0.05) is 11.1 Å². The summed E-state index contributed by atoms with van der Waals surface area (Å²) >= 11 is 0. The van der Waals surface area contributed by atoms with Crippen molar-refractivity contribution in [3.8, 4) is 5.75 Å². The smallest absolute Gasteiger partial charge is 0.151 e. The normalized spacial score (nSPS) is 12.1. The Kier molecular flexibility index (Phi) is 6.19. The third-order valence-electron chi connectivity index (χ3n) is 4.85. The molecular formula is C23H28O2. The molecule has 0 aliphatic heterocycles. The number of carbonyl (C=O) groups is 1. The van der Waals surface area contributed by atoms with Gasteiger partial charge >= 0.3 is 0 Å². The van der Waals surface area contributed by atoms with E-state index in [1.165, 1.54) is 11.1 Å². The number of rotatable bonds is 6. The fraction of sp³-hybridized carbons (Fsp3) is 0.348. The lowest BCUT2D eigenvalue weighted by Gasteiger charge is -2.19. The SMILES string of the molecule is CCc1c(C)ccc(/C(C=O)=C(\C)c2ccccc2C(C)C)c1OC. The van der Waals surface area contributed by atoms with E-state index in [1.807, 2.05) is 25.1 Å². The van der Waals surface area contributed by atoms with Crippen LogP contribution in [0.5, 0.6) is 5.75 Å². The van der Waals surface area contributed by atoms with Crippen LogP contribution in [0.1, 0.15) is 61.4 Å². The van der Waals surface area contributed by atoms with Crippen molar-refractivity contribution in [2.45, 2.75) is 47.0 Å². The summed E-state index contributed by atoms with van der Waals surface area (Å²) in [5.74, 6) is 1.20. The number of carbonyl (C=O) groups excluding carboxylic acids is 1. The van der Waals surface area contributed by atoms with Crippen LogP contribution in [0, 0.1) is 6.92 Å². The molecule has 0 saturated heterocycles. The molecule has 2 aromatic carbocycles. The molecule has 2 nitrogen and oxygen atoms in total. The summed E-state index contributed by atoms with van der Waals surface area (Å²) in [7, 11) is 1.68. The average Bonchev–Trinajstić information content (AvgIpc) is 2.62. The minimum absolute atomic E-state index is 0.394. The second kappa shape index (κ2) is 8.15. The highest BCUT2D eigenvalue weighted by Gasteiger charge is 2.18. The quantitative estimate of drug-likeness (QED) is 0.377. The minimum atomic E-state index is 0.394. The first-order valence-corrected chi connectivity index (χ1v) is 8.88. The molecule has 0 aliphatic carbocycles. The fourth-order valence-electron chi connectivity index (χ4n) is 3.45. The van der Waals surface area contributed by atoms with Crippen LogP contribution in [0.15, 0.2) is 36.4 Å². The standard InChI is InChI=1S/C23H28O2/c1-7-18-16(4)12-13-21(23(18)25-6)22(14-24)17(5)20-11-9-8-10-19(20)15(2)3/h8-15H,7H2,1-6H3/b22-17+. The van der Waals surface area contributed by atoms with Crippen LogP contribution in [0.4, 0.5) is 0 Å². The highest BCUT2D eigenvalue weighted by molar-refractivity contribution is 6.18. The van der Waals surface area contributed by atoms with E-state index < -0.39 is 0 Å². The highest BCUT2D eigenvalue weighted by atomic mass is 16.5. The molecule has 0 amide bonds. The number of methoxy groups -OCH3 is 1. The molecule has 0 heterocycles. The van der Waals surface area contributed by atoms with E-state index in [0.717, 1.165) is 40.7 Å². The van der Waals surface area contributed by atoms with E-state index in [0.29, 0.717) is 11.5 Å². The average molecular weight is 336 g/mol. The molecule has 2 aromatic rings. The highest BCUT2D eigenvalue weighted by Crippen LogP contribution is 2.36.